The van der Waals surface area contributed by atoms with Crippen molar-refractivity contribution in [2.75, 3.05) is 19.6 Å². The summed E-state index contributed by atoms with van der Waals surface area (Å²) in [7, 11) is 0. The van der Waals surface area contributed by atoms with Crippen molar-refractivity contribution in [1.82, 2.24) is 4.90 Å². The van der Waals surface area contributed by atoms with Gasteiger partial charge in [-0.05, 0) is 24.1 Å². The van der Waals surface area contributed by atoms with Gasteiger partial charge in [0, 0.05) is 13.1 Å². The average Bonchev–Trinajstić information content (AvgIpc) is 2.69. The minimum Gasteiger partial charge on any atom is -0.296 e. The van der Waals surface area contributed by atoms with Crippen LogP contribution in [0.15, 0.2) is 72.8 Å². The van der Waals surface area contributed by atoms with E-state index in [2.05, 4.69) is 96.8 Å². The van der Waals surface area contributed by atoms with Crippen LogP contribution in [0.25, 0.3) is 12.2 Å². The highest BCUT2D eigenvalue weighted by atomic mass is 15.1. The van der Waals surface area contributed by atoms with Crippen LogP contribution < -0.4 is 0 Å². The lowest BCUT2D eigenvalue weighted by molar-refractivity contribution is 0.325. The number of hydrogen-bond acceptors (Lipinski definition) is 1. The second-order valence-electron chi connectivity index (χ2n) is 6.80. The Morgan fingerprint density at radius 2 is 1.15 bits per heavy atom. The molecule has 1 heteroatoms. The maximum atomic E-state index is 2.53. The summed E-state index contributed by atoms with van der Waals surface area (Å²) in [6, 6.07) is 21.1. The molecule has 0 aliphatic carbocycles. The quantitative estimate of drug-likeness (QED) is 0.387. The number of nitrogens with zero attached hydrogens (tertiary/aromatic N) is 1. The van der Waals surface area contributed by atoms with Crippen molar-refractivity contribution in [2.24, 2.45) is 0 Å². The van der Waals surface area contributed by atoms with E-state index >= 15 is 0 Å². The molecule has 2 rings (SSSR count). The predicted molar refractivity (Wildman–Crippen MR) is 116 cm³/mol. The van der Waals surface area contributed by atoms with Gasteiger partial charge >= 0.3 is 0 Å². The van der Waals surface area contributed by atoms with Crippen molar-refractivity contribution in [3.63, 3.8) is 0 Å². The SMILES string of the molecule is CCCCCCCN(CC=Cc1ccccc1)CC=Cc1ccccc1. The molecule has 0 bridgehead atoms. The normalized spacial score (nSPS) is 11.8. The van der Waals surface area contributed by atoms with E-state index in [0.29, 0.717) is 0 Å². The van der Waals surface area contributed by atoms with Crippen molar-refractivity contribution in [2.45, 2.75) is 39.0 Å². The molecule has 0 saturated heterocycles. The standard InChI is InChI=1S/C25H33N/c1-2-3-4-5-12-21-26(22-13-19-24-15-8-6-9-16-24)23-14-20-25-17-10-7-11-18-25/h6-11,13-20H,2-5,12,21-23H2,1H3. The van der Waals surface area contributed by atoms with Crippen LogP contribution in [0.2, 0.25) is 0 Å². The molecule has 1 nitrogen and oxygen atoms in total. The molecule has 0 aliphatic rings. The molecule has 0 N–H and O–H groups in total. The highest BCUT2D eigenvalue weighted by Gasteiger charge is 2.01. The fourth-order valence-corrected chi connectivity index (χ4v) is 3.00. The van der Waals surface area contributed by atoms with E-state index in [1.54, 1.807) is 0 Å². The maximum absolute atomic E-state index is 2.53. The first-order chi connectivity index (χ1) is 12.9. The van der Waals surface area contributed by atoms with E-state index in [9.17, 15) is 0 Å². The summed E-state index contributed by atoms with van der Waals surface area (Å²) in [6.07, 6.45) is 15.7. The van der Waals surface area contributed by atoms with Crippen molar-refractivity contribution in [3.05, 3.63) is 83.9 Å². The van der Waals surface area contributed by atoms with E-state index < -0.39 is 0 Å². The Labute approximate surface area is 160 Å². The van der Waals surface area contributed by atoms with Gasteiger partial charge in [-0.1, -0.05) is 118 Å². The monoisotopic (exact) mass is 347 g/mol. The Balaban J connectivity index is 1.83. The minimum atomic E-state index is 1.00. The first-order valence-electron chi connectivity index (χ1n) is 10.0. The molecule has 0 saturated carbocycles. The van der Waals surface area contributed by atoms with Gasteiger partial charge in [0.25, 0.3) is 0 Å². The van der Waals surface area contributed by atoms with Crippen LogP contribution in [0.1, 0.15) is 50.2 Å². The van der Waals surface area contributed by atoms with Gasteiger partial charge in [0.2, 0.25) is 0 Å². The predicted octanol–water partition coefficient (Wildman–Crippen LogP) is 6.69. The van der Waals surface area contributed by atoms with Crippen LogP contribution >= 0.6 is 0 Å². The lowest BCUT2D eigenvalue weighted by Gasteiger charge is -2.19. The molecule has 0 radical (unpaired) electrons. The Morgan fingerprint density at radius 1 is 0.654 bits per heavy atom. The van der Waals surface area contributed by atoms with E-state index in [1.807, 2.05) is 0 Å². The van der Waals surface area contributed by atoms with Crippen LogP contribution in [0.5, 0.6) is 0 Å². The number of rotatable bonds is 12. The fourth-order valence-electron chi connectivity index (χ4n) is 3.00. The first-order valence-corrected chi connectivity index (χ1v) is 10.0. The highest BCUT2D eigenvalue weighted by molar-refractivity contribution is 5.49. The van der Waals surface area contributed by atoms with E-state index in [-0.39, 0.29) is 0 Å². The third-order valence-corrected chi connectivity index (χ3v) is 4.52. The Kier molecular flexibility index (Phi) is 10.2. The Hall–Kier alpha value is -2.12. The van der Waals surface area contributed by atoms with E-state index in [4.69, 9.17) is 0 Å². The van der Waals surface area contributed by atoms with Crippen molar-refractivity contribution >= 4 is 12.2 Å². The van der Waals surface area contributed by atoms with E-state index in [1.165, 1.54) is 49.8 Å². The van der Waals surface area contributed by atoms with Crippen LogP contribution in [0.4, 0.5) is 0 Å². The molecular weight excluding hydrogens is 314 g/mol. The van der Waals surface area contributed by atoms with Crippen molar-refractivity contribution < 1.29 is 0 Å². The molecule has 2 aromatic rings. The molecule has 26 heavy (non-hydrogen) atoms. The molecular formula is C25H33N. The second kappa shape index (κ2) is 13.1. The summed E-state index contributed by atoms with van der Waals surface area (Å²) in [5, 5.41) is 0. The number of benzene rings is 2. The summed E-state index contributed by atoms with van der Waals surface area (Å²) < 4.78 is 0. The summed E-state index contributed by atoms with van der Waals surface area (Å²) in [6.45, 7) is 5.45. The first kappa shape index (κ1) is 20.2. The van der Waals surface area contributed by atoms with Gasteiger partial charge in [0.05, 0.1) is 0 Å². The zero-order chi connectivity index (χ0) is 18.3. The van der Waals surface area contributed by atoms with Gasteiger partial charge in [0.15, 0.2) is 0 Å². The molecule has 138 valence electrons. The molecule has 0 unspecified atom stereocenters. The Morgan fingerprint density at radius 3 is 1.65 bits per heavy atom. The minimum absolute atomic E-state index is 1.00. The maximum Gasteiger partial charge on any atom is 0.0169 e. The third kappa shape index (κ3) is 8.82. The molecule has 0 atom stereocenters. The van der Waals surface area contributed by atoms with Crippen LogP contribution in [0.3, 0.4) is 0 Å². The van der Waals surface area contributed by atoms with Gasteiger partial charge in [-0.25, -0.2) is 0 Å². The van der Waals surface area contributed by atoms with Gasteiger partial charge in [-0.2, -0.15) is 0 Å². The van der Waals surface area contributed by atoms with Gasteiger partial charge in [-0.3, -0.25) is 4.90 Å². The van der Waals surface area contributed by atoms with Crippen molar-refractivity contribution in [3.8, 4) is 0 Å². The zero-order valence-corrected chi connectivity index (χ0v) is 16.2. The number of hydrogen-bond donors (Lipinski definition) is 0. The van der Waals surface area contributed by atoms with Crippen LogP contribution in [-0.4, -0.2) is 24.5 Å². The molecule has 0 amide bonds. The highest BCUT2D eigenvalue weighted by Crippen LogP contribution is 2.07. The molecule has 0 heterocycles. The summed E-state index contributed by atoms with van der Waals surface area (Å²) in [5.41, 5.74) is 2.55. The fraction of sp³-hybridized carbons (Fsp3) is 0.360. The Bertz CT molecular complexity index is 576. The molecule has 0 aromatic heterocycles. The molecule has 0 aliphatic heterocycles. The number of unbranched alkanes of at least 4 members (excludes halogenated alkanes) is 4. The van der Waals surface area contributed by atoms with Gasteiger partial charge in [-0.15, -0.1) is 0 Å². The average molecular weight is 348 g/mol. The zero-order valence-electron chi connectivity index (χ0n) is 16.2. The van der Waals surface area contributed by atoms with Crippen LogP contribution in [0, 0.1) is 0 Å². The largest absolute Gasteiger partial charge is 0.296 e. The topological polar surface area (TPSA) is 3.24 Å². The van der Waals surface area contributed by atoms with Crippen LogP contribution in [-0.2, 0) is 0 Å². The molecule has 0 spiro atoms. The van der Waals surface area contributed by atoms with Gasteiger partial charge in [0.1, 0.15) is 0 Å². The summed E-state index contributed by atoms with van der Waals surface area (Å²) >= 11 is 0. The van der Waals surface area contributed by atoms with Gasteiger partial charge < -0.3 is 0 Å². The lowest BCUT2D eigenvalue weighted by atomic mass is 10.1. The van der Waals surface area contributed by atoms with Crippen molar-refractivity contribution in [1.29, 1.82) is 0 Å². The van der Waals surface area contributed by atoms with E-state index in [0.717, 1.165) is 13.1 Å². The second-order valence-corrected chi connectivity index (χ2v) is 6.80. The lowest BCUT2D eigenvalue weighted by Crippen LogP contribution is -2.25. The molecule has 2 aromatic carbocycles. The third-order valence-electron chi connectivity index (χ3n) is 4.52. The smallest absolute Gasteiger partial charge is 0.0169 e. The summed E-state index contributed by atoms with van der Waals surface area (Å²) in [5.74, 6) is 0. The molecule has 0 fully saturated rings. The summed E-state index contributed by atoms with van der Waals surface area (Å²) in [4.78, 5) is 2.53.